The van der Waals surface area contributed by atoms with E-state index in [0.717, 1.165) is 16.0 Å². The zero-order valence-corrected chi connectivity index (χ0v) is 20.8. The van der Waals surface area contributed by atoms with Crippen LogP contribution in [0, 0.1) is 19.7 Å². The third-order valence-corrected chi connectivity index (χ3v) is 6.37. The summed E-state index contributed by atoms with van der Waals surface area (Å²) in [7, 11) is 0. The maximum atomic E-state index is 14.3. The van der Waals surface area contributed by atoms with Crippen molar-refractivity contribution in [3.63, 3.8) is 0 Å². The third-order valence-electron chi connectivity index (χ3n) is 6.03. The molecular formula is C28H24ClFN2O4. The SMILES string of the molecule is CCOc1cc(/C=C2\C(=O)NC(=O)N(c3cccc(C)c3C)C2=O)cc(Cl)c1Cc1ccccc1F. The highest BCUT2D eigenvalue weighted by Gasteiger charge is 2.37. The Morgan fingerprint density at radius 3 is 2.53 bits per heavy atom. The topological polar surface area (TPSA) is 75.7 Å². The average Bonchev–Trinajstić information content (AvgIpc) is 2.83. The number of hydrogen-bond donors (Lipinski definition) is 1. The first-order chi connectivity index (χ1) is 17.2. The van der Waals surface area contributed by atoms with Crippen molar-refractivity contribution in [2.75, 3.05) is 11.5 Å². The fraction of sp³-hybridized carbons (Fsp3) is 0.179. The molecule has 1 aliphatic rings. The summed E-state index contributed by atoms with van der Waals surface area (Å²) < 4.78 is 20.0. The number of anilines is 1. The molecule has 1 aliphatic heterocycles. The van der Waals surface area contributed by atoms with E-state index in [1.165, 1.54) is 12.1 Å². The van der Waals surface area contributed by atoms with Crippen molar-refractivity contribution in [3.8, 4) is 5.75 Å². The molecular weight excluding hydrogens is 483 g/mol. The molecule has 0 saturated carbocycles. The Bertz CT molecular complexity index is 1420. The summed E-state index contributed by atoms with van der Waals surface area (Å²) in [6.07, 6.45) is 1.57. The van der Waals surface area contributed by atoms with Gasteiger partial charge in [-0.15, -0.1) is 0 Å². The minimum Gasteiger partial charge on any atom is -0.494 e. The van der Waals surface area contributed by atoms with Crippen molar-refractivity contribution in [2.24, 2.45) is 0 Å². The molecule has 184 valence electrons. The van der Waals surface area contributed by atoms with E-state index in [2.05, 4.69) is 5.32 Å². The number of rotatable bonds is 6. The number of nitrogens with zero attached hydrogens (tertiary/aromatic N) is 1. The summed E-state index contributed by atoms with van der Waals surface area (Å²) in [5.74, 6) is -1.51. The zero-order chi connectivity index (χ0) is 26.0. The van der Waals surface area contributed by atoms with Crippen LogP contribution in [0.5, 0.6) is 5.75 Å². The van der Waals surface area contributed by atoms with Gasteiger partial charge in [0, 0.05) is 17.0 Å². The molecule has 1 saturated heterocycles. The zero-order valence-electron chi connectivity index (χ0n) is 20.0. The average molecular weight is 507 g/mol. The largest absolute Gasteiger partial charge is 0.494 e. The number of amides is 4. The monoisotopic (exact) mass is 506 g/mol. The number of aryl methyl sites for hydroxylation is 1. The van der Waals surface area contributed by atoms with E-state index in [0.29, 0.717) is 39.8 Å². The molecule has 3 aromatic rings. The van der Waals surface area contributed by atoms with Crippen molar-refractivity contribution in [2.45, 2.75) is 27.2 Å². The van der Waals surface area contributed by atoms with Crippen LogP contribution in [0.3, 0.4) is 0 Å². The van der Waals surface area contributed by atoms with E-state index >= 15 is 0 Å². The first-order valence-electron chi connectivity index (χ1n) is 11.4. The molecule has 1 heterocycles. The van der Waals surface area contributed by atoms with E-state index in [4.69, 9.17) is 16.3 Å². The maximum absolute atomic E-state index is 14.3. The first-order valence-corrected chi connectivity index (χ1v) is 11.7. The highest BCUT2D eigenvalue weighted by Crippen LogP contribution is 2.33. The number of carbonyl (C=O) groups is 3. The Labute approximate surface area is 213 Å². The Kier molecular flexibility index (Phi) is 7.22. The standard InChI is InChI=1S/C28H24ClFN2O4/c1-4-36-25-14-18(13-22(29)20(25)15-19-9-5-6-10-23(19)30)12-21-26(33)31-28(35)32(27(21)34)24-11-7-8-16(2)17(24)3/h5-14H,4,15H2,1-3H3,(H,31,33,35)/b21-12+. The number of benzene rings is 3. The van der Waals surface area contributed by atoms with E-state index in [1.807, 2.05) is 13.0 Å². The number of carbonyl (C=O) groups excluding carboxylic acids is 3. The van der Waals surface area contributed by atoms with Crippen molar-refractivity contribution < 1.29 is 23.5 Å². The van der Waals surface area contributed by atoms with Crippen LogP contribution < -0.4 is 15.0 Å². The first kappa shape index (κ1) is 25.1. The second kappa shape index (κ2) is 10.3. The van der Waals surface area contributed by atoms with Gasteiger partial charge >= 0.3 is 6.03 Å². The molecule has 1 fully saturated rings. The lowest BCUT2D eigenvalue weighted by Gasteiger charge is -2.28. The van der Waals surface area contributed by atoms with Gasteiger partial charge in [0.2, 0.25) is 0 Å². The van der Waals surface area contributed by atoms with E-state index in [-0.39, 0.29) is 17.8 Å². The van der Waals surface area contributed by atoms with Gasteiger partial charge < -0.3 is 4.74 Å². The van der Waals surface area contributed by atoms with Crippen molar-refractivity contribution in [1.29, 1.82) is 0 Å². The Morgan fingerprint density at radius 2 is 1.81 bits per heavy atom. The van der Waals surface area contributed by atoms with E-state index < -0.39 is 17.8 Å². The van der Waals surface area contributed by atoms with Gasteiger partial charge in [-0.2, -0.15) is 0 Å². The Hall–Kier alpha value is -3.97. The summed E-state index contributed by atoms with van der Waals surface area (Å²) in [6, 6.07) is 14.0. The molecule has 0 bridgehead atoms. The fourth-order valence-electron chi connectivity index (χ4n) is 4.02. The molecule has 8 heteroatoms. The quantitative estimate of drug-likeness (QED) is 0.341. The highest BCUT2D eigenvalue weighted by molar-refractivity contribution is 6.39. The number of urea groups is 1. The minimum atomic E-state index is -0.816. The minimum absolute atomic E-state index is 0.200. The third kappa shape index (κ3) is 4.88. The summed E-state index contributed by atoms with van der Waals surface area (Å²) in [5.41, 5.74) is 3.27. The summed E-state index contributed by atoms with van der Waals surface area (Å²) >= 11 is 6.57. The molecule has 36 heavy (non-hydrogen) atoms. The molecule has 0 unspecified atom stereocenters. The van der Waals surface area contributed by atoms with Crippen LogP contribution in [-0.4, -0.2) is 24.5 Å². The van der Waals surface area contributed by atoms with E-state index in [9.17, 15) is 18.8 Å². The molecule has 4 rings (SSSR count). The van der Waals surface area contributed by atoms with Crippen LogP contribution in [0.1, 0.15) is 34.7 Å². The molecule has 6 nitrogen and oxygen atoms in total. The lowest BCUT2D eigenvalue weighted by Crippen LogP contribution is -2.54. The van der Waals surface area contributed by atoms with Gasteiger partial charge in [-0.1, -0.05) is 41.9 Å². The highest BCUT2D eigenvalue weighted by atomic mass is 35.5. The lowest BCUT2D eigenvalue weighted by molar-refractivity contribution is -0.122. The van der Waals surface area contributed by atoms with Crippen LogP contribution in [0.15, 0.2) is 60.2 Å². The molecule has 0 aromatic heterocycles. The molecule has 0 spiro atoms. The number of barbiturate groups is 1. The van der Waals surface area contributed by atoms with Gasteiger partial charge in [0.05, 0.1) is 12.3 Å². The number of hydrogen-bond acceptors (Lipinski definition) is 4. The molecule has 3 aromatic carbocycles. The van der Waals surface area contributed by atoms with Gasteiger partial charge in [0.15, 0.2) is 0 Å². The molecule has 4 amide bonds. The number of imide groups is 2. The summed E-state index contributed by atoms with van der Waals surface area (Å²) in [6.45, 7) is 5.80. The summed E-state index contributed by atoms with van der Waals surface area (Å²) in [4.78, 5) is 39.5. The molecule has 1 N–H and O–H groups in total. The van der Waals surface area contributed by atoms with Crippen molar-refractivity contribution >= 4 is 41.2 Å². The van der Waals surface area contributed by atoms with Gasteiger partial charge in [-0.25, -0.2) is 14.1 Å². The van der Waals surface area contributed by atoms with Crippen LogP contribution in [0.4, 0.5) is 14.9 Å². The number of nitrogens with one attached hydrogen (secondary N) is 1. The lowest BCUT2D eigenvalue weighted by atomic mass is 9.99. The predicted octanol–water partition coefficient (Wildman–Crippen LogP) is 5.75. The number of ether oxygens (including phenoxy) is 1. The van der Waals surface area contributed by atoms with Crippen LogP contribution in [0.25, 0.3) is 6.08 Å². The van der Waals surface area contributed by atoms with Gasteiger partial charge in [-0.3, -0.25) is 14.9 Å². The molecule has 0 aliphatic carbocycles. The second-order valence-electron chi connectivity index (χ2n) is 8.36. The van der Waals surface area contributed by atoms with Crippen LogP contribution >= 0.6 is 11.6 Å². The van der Waals surface area contributed by atoms with E-state index in [1.54, 1.807) is 56.3 Å². The van der Waals surface area contributed by atoms with Crippen molar-refractivity contribution in [3.05, 3.63) is 98.8 Å². The molecule has 0 radical (unpaired) electrons. The Morgan fingerprint density at radius 1 is 1.06 bits per heavy atom. The van der Waals surface area contributed by atoms with Gasteiger partial charge in [0.25, 0.3) is 11.8 Å². The van der Waals surface area contributed by atoms with Crippen LogP contribution in [-0.2, 0) is 16.0 Å². The molecule has 0 atom stereocenters. The normalized spacial score (nSPS) is 14.9. The van der Waals surface area contributed by atoms with Crippen molar-refractivity contribution in [1.82, 2.24) is 5.32 Å². The predicted molar refractivity (Wildman–Crippen MR) is 137 cm³/mol. The van der Waals surface area contributed by atoms with Gasteiger partial charge in [0.1, 0.15) is 17.1 Å². The smallest absolute Gasteiger partial charge is 0.335 e. The summed E-state index contributed by atoms with van der Waals surface area (Å²) in [5, 5.41) is 2.53. The number of halogens is 2. The second-order valence-corrected chi connectivity index (χ2v) is 8.76. The van der Waals surface area contributed by atoms with Gasteiger partial charge in [-0.05, 0) is 73.4 Å². The van der Waals surface area contributed by atoms with Crippen LogP contribution in [0.2, 0.25) is 5.02 Å². The fourth-order valence-corrected chi connectivity index (χ4v) is 4.31. The maximum Gasteiger partial charge on any atom is 0.335 e. The Balaban J connectivity index is 1.75.